The van der Waals surface area contributed by atoms with Crippen molar-refractivity contribution in [3.63, 3.8) is 0 Å². The van der Waals surface area contributed by atoms with Crippen molar-refractivity contribution in [3.05, 3.63) is 0 Å². The van der Waals surface area contributed by atoms with E-state index in [0.29, 0.717) is 30.8 Å². The molecule has 110 valence electrons. The highest BCUT2D eigenvalue weighted by Gasteiger charge is 2.51. The maximum absolute atomic E-state index is 12.8. The van der Waals surface area contributed by atoms with Crippen LogP contribution in [0.1, 0.15) is 38.5 Å². The van der Waals surface area contributed by atoms with Crippen LogP contribution in [0.3, 0.4) is 0 Å². The molecule has 1 amide bonds. The predicted molar refractivity (Wildman–Crippen MR) is 72.9 cm³/mol. The maximum Gasteiger partial charge on any atom is 0.308 e. The Kier molecular flexibility index (Phi) is 2.83. The first kappa shape index (κ1) is 12.7. The Hall–Kier alpha value is -1.06. The molecule has 0 aromatic carbocycles. The molecule has 3 saturated carbocycles. The van der Waals surface area contributed by atoms with E-state index in [1.165, 1.54) is 25.7 Å². The van der Waals surface area contributed by atoms with Crippen molar-refractivity contribution < 1.29 is 14.7 Å². The van der Waals surface area contributed by atoms with Gasteiger partial charge in [-0.3, -0.25) is 9.59 Å². The third kappa shape index (κ3) is 2.23. The molecule has 1 heterocycles. The lowest BCUT2D eigenvalue weighted by atomic mass is 9.92. The Morgan fingerprint density at radius 3 is 2.00 bits per heavy atom. The van der Waals surface area contributed by atoms with Crippen LogP contribution in [0, 0.1) is 35.5 Å². The summed E-state index contributed by atoms with van der Waals surface area (Å²) >= 11 is 0. The van der Waals surface area contributed by atoms with E-state index < -0.39 is 5.97 Å². The second-order valence-electron chi connectivity index (χ2n) is 7.39. The molecule has 4 aliphatic rings. The van der Waals surface area contributed by atoms with Crippen LogP contribution in [0.5, 0.6) is 0 Å². The van der Waals surface area contributed by atoms with Gasteiger partial charge in [0.15, 0.2) is 0 Å². The van der Waals surface area contributed by atoms with Gasteiger partial charge in [-0.15, -0.1) is 0 Å². The van der Waals surface area contributed by atoms with E-state index in [0.717, 1.165) is 12.8 Å². The molecule has 0 radical (unpaired) electrons. The van der Waals surface area contributed by atoms with Crippen molar-refractivity contribution in [2.45, 2.75) is 38.5 Å². The number of rotatable bonds is 5. The van der Waals surface area contributed by atoms with E-state index in [9.17, 15) is 14.7 Å². The summed E-state index contributed by atoms with van der Waals surface area (Å²) < 4.78 is 0. The fourth-order valence-corrected chi connectivity index (χ4v) is 4.18. The van der Waals surface area contributed by atoms with Crippen molar-refractivity contribution in [1.29, 1.82) is 0 Å². The number of likely N-dealkylation sites (tertiary alicyclic amines) is 1. The van der Waals surface area contributed by atoms with Gasteiger partial charge in [-0.2, -0.15) is 0 Å². The van der Waals surface area contributed by atoms with Gasteiger partial charge in [0, 0.05) is 19.0 Å². The summed E-state index contributed by atoms with van der Waals surface area (Å²) in [6.07, 6.45) is 7.13. The van der Waals surface area contributed by atoms with Crippen molar-refractivity contribution in [1.82, 2.24) is 4.90 Å². The van der Waals surface area contributed by atoms with Gasteiger partial charge in [0.1, 0.15) is 0 Å². The number of hydrogen-bond donors (Lipinski definition) is 1. The maximum atomic E-state index is 12.8. The lowest BCUT2D eigenvalue weighted by Crippen LogP contribution is -2.37. The standard InChI is InChI=1S/C16H23NO3/c18-15(14(10-3-4-10)11-5-6-11)17-7-12(9-1-2-9)13(8-17)16(19)20/h9-14H,1-8H2,(H,19,20)/t12-,13+/m1/s1. The van der Waals surface area contributed by atoms with Crippen LogP contribution in [-0.4, -0.2) is 35.0 Å². The first-order chi connectivity index (χ1) is 9.65. The minimum Gasteiger partial charge on any atom is -0.481 e. The topological polar surface area (TPSA) is 57.6 Å². The first-order valence-corrected chi connectivity index (χ1v) is 8.16. The molecule has 2 atom stereocenters. The Morgan fingerprint density at radius 1 is 0.950 bits per heavy atom. The van der Waals surface area contributed by atoms with Crippen LogP contribution in [0.2, 0.25) is 0 Å². The smallest absolute Gasteiger partial charge is 0.308 e. The highest BCUT2D eigenvalue weighted by molar-refractivity contribution is 5.82. The third-order valence-electron chi connectivity index (χ3n) is 5.77. The summed E-state index contributed by atoms with van der Waals surface area (Å²) in [5.74, 6) is 1.49. The molecule has 4 heteroatoms. The van der Waals surface area contributed by atoms with Crippen LogP contribution >= 0.6 is 0 Å². The molecule has 0 aromatic rings. The zero-order valence-electron chi connectivity index (χ0n) is 11.8. The molecule has 0 spiro atoms. The number of carbonyl (C=O) groups excluding carboxylic acids is 1. The lowest BCUT2D eigenvalue weighted by Gasteiger charge is -2.23. The normalized spacial score (nSPS) is 33.8. The van der Waals surface area contributed by atoms with E-state index in [-0.39, 0.29) is 23.7 Å². The number of carboxylic acid groups (broad SMARTS) is 1. The summed E-state index contributed by atoms with van der Waals surface area (Å²) in [6, 6.07) is 0. The summed E-state index contributed by atoms with van der Waals surface area (Å²) in [7, 11) is 0. The minimum absolute atomic E-state index is 0.218. The Balaban J connectivity index is 1.47. The number of amides is 1. The Bertz CT molecular complexity index is 425. The molecule has 1 aliphatic heterocycles. The van der Waals surface area contributed by atoms with Gasteiger partial charge in [-0.25, -0.2) is 0 Å². The van der Waals surface area contributed by atoms with Crippen LogP contribution in [0.15, 0.2) is 0 Å². The summed E-state index contributed by atoms with van der Waals surface area (Å²) in [5.41, 5.74) is 0. The third-order valence-corrected chi connectivity index (χ3v) is 5.77. The molecule has 4 fully saturated rings. The first-order valence-electron chi connectivity index (χ1n) is 8.16. The van der Waals surface area contributed by atoms with Crippen LogP contribution in [-0.2, 0) is 9.59 Å². The average molecular weight is 277 g/mol. The number of nitrogens with zero attached hydrogens (tertiary/aromatic N) is 1. The molecule has 0 aromatic heterocycles. The molecule has 0 unspecified atom stereocenters. The van der Waals surface area contributed by atoms with Crippen molar-refractivity contribution in [2.24, 2.45) is 35.5 Å². The Labute approximate surface area is 119 Å². The van der Waals surface area contributed by atoms with E-state index in [2.05, 4.69) is 0 Å². The van der Waals surface area contributed by atoms with Crippen molar-refractivity contribution in [2.75, 3.05) is 13.1 Å². The number of carbonyl (C=O) groups is 2. The number of hydrogen-bond acceptors (Lipinski definition) is 2. The predicted octanol–water partition coefficient (Wildman–Crippen LogP) is 1.99. The summed E-state index contributed by atoms with van der Waals surface area (Å²) in [6.45, 7) is 1.17. The van der Waals surface area contributed by atoms with E-state index in [1.807, 2.05) is 4.90 Å². The van der Waals surface area contributed by atoms with E-state index >= 15 is 0 Å². The van der Waals surface area contributed by atoms with Gasteiger partial charge >= 0.3 is 5.97 Å². The van der Waals surface area contributed by atoms with Gasteiger partial charge in [-0.05, 0) is 62.2 Å². The number of aliphatic carboxylic acids is 1. The van der Waals surface area contributed by atoms with Crippen LogP contribution < -0.4 is 0 Å². The molecule has 4 rings (SSSR count). The molecule has 3 aliphatic carbocycles. The molecule has 4 nitrogen and oxygen atoms in total. The second kappa shape index (κ2) is 4.47. The average Bonchev–Trinajstić information content (AvgIpc) is 3.23. The summed E-state index contributed by atoms with van der Waals surface area (Å²) in [4.78, 5) is 26.1. The minimum atomic E-state index is -0.702. The van der Waals surface area contributed by atoms with Gasteiger partial charge in [0.2, 0.25) is 5.91 Å². The molecular formula is C16H23NO3. The van der Waals surface area contributed by atoms with Gasteiger partial charge in [-0.1, -0.05) is 0 Å². The number of carboxylic acids is 1. The van der Waals surface area contributed by atoms with E-state index in [4.69, 9.17) is 0 Å². The van der Waals surface area contributed by atoms with Crippen molar-refractivity contribution >= 4 is 11.9 Å². The zero-order chi connectivity index (χ0) is 13.9. The Morgan fingerprint density at radius 2 is 1.55 bits per heavy atom. The van der Waals surface area contributed by atoms with E-state index in [1.54, 1.807) is 0 Å². The molecule has 1 N–H and O–H groups in total. The highest BCUT2D eigenvalue weighted by Crippen LogP contribution is 2.51. The second-order valence-corrected chi connectivity index (χ2v) is 7.39. The fourth-order valence-electron chi connectivity index (χ4n) is 4.18. The lowest BCUT2D eigenvalue weighted by molar-refractivity contribution is -0.143. The SMILES string of the molecule is O=C(O)[C@H]1CN(C(=O)C(C2CC2)C2CC2)C[C@@H]1C1CC1. The van der Waals surface area contributed by atoms with Crippen LogP contribution in [0.4, 0.5) is 0 Å². The largest absolute Gasteiger partial charge is 0.481 e. The molecular weight excluding hydrogens is 254 g/mol. The fraction of sp³-hybridized carbons (Fsp3) is 0.875. The van der Waals surface area contributed by atoms with Gasteiger partial charge in [0.25, 0.3) is 0 Å². The van der Waals surface area contributed by atoms with Crippen LogP contribution in [0.25, 0.3) is 0 Å². The molecule has 20 heavy (non-hydrogen) atoms. The quantitative estimate of drug-likeness (QED) is 0.836. The van der Waals surface area contributed by atoms with Gasteiger partial charge < -0.3 is 10.0 Å². The molecule has 1 saturated heterocycles. The molecule has 0 bridgehead atoms. The highest BCUT2D eigenvalue weighted by atomic mass is 16.4. The monoisotopic (exact) mass is 277 g/mol. The van der Waals surface area contributed by atoms with Crippen molar-refractivity contribution in [3.8, 4) is 0 Å². The zero-order valence-corrected chi connectivity index (χ0v) is 11.8. The van der Waals surface area contributed by atoms with Gasteiger partial charge in [0.05, 0.1) is 5.92 Å². The summed E-state index contributed by atoms with van der Waals surface area (Å²) in [5, 5.41) is 9.40.